The first-order valence-corrected chi connectivity index (χ1v) is 6.94. The van der Waals surface area contributed by atoms with Crippen LogP contribution in [0.15, 0.2) is 42.5 Å². The van der Waals surface area contributed by atoms with E-state index < -0.39 is 30.0 Å². The molecule has 7 heteroatoms. The Kier molecular flexibility index (Phi) is 5.22. The van der Waals surface area contributed by atoms with Crippen LogP contribution in [0.25, 0.3) is 0 Å². The molecule has 0 atom stereocenters. The Balaban J connectivity index is 2.17. The number of hydrogen-bond donors (Lipinski definition) is 1. The summed E-state index contributed by atoms with van der Waals surface area (Å²) >= 11 is 0. The average molecular weight is 329 g/mol. The van der Waals surface area contributed by atoms with E-state index in [-0.39, 0.29) is 5.69 Å². The first-order valence-electron chi connectivity index (χ1n) is 6.94. The molecule has 2 aromatic carbocycles. The van der Waals surface area contributed by atoms with Crippen LogP contribution in [0, 0.1) is 23.0 Å². The van der Waals surface area contributed by atoms with Gasteiger partial charge in [0.1, 0.15) is 18.2 Å². The van der Waals surface area contributed by atoms with Crippen molar-refractivity contribution in [2.45, 2.75) is 6.92 Å². The molecule has 0 saturated carbocycles. The summed E-state index contributed by atoms with van der Waals surface area (Å²) in [5.41, 5.74) is 0.549. The van der Waals surface area contributed by atoms with Crippen LogP contribution in [-0.4, -0.2) is 18.4 Å². The minimum absolute atomic E-state index is 0.190. The van der Waals surface area contributed by atoms with Crippen LogP contribution in [0.3, 0.4) is 0 Å². The molecule has 0 heterocycles. The summed E-state index contributed by atoms with van der Waals surface area (Å²) < 4.78 is 26.8. The summed E-state index contributed by atoms with van der Waals surface area (Å²) in [4.78, 5) is 24.7. The molecule has 24 heavy (non-hydrogen) atoms. The minimum atomic E-state index is -0.940. The van der Waals surface area contributed by atoms with Gasteiger partial charge in [-0.15, -0.1) is 0 Å². The van der Waals surface area contributed by atoms with Crippen molar-refractivity contribution in [3.63, 3.8) is 0 Å². The smallest absolute Gasteiger partial charge is 0.244 e. The van der Waals surface area contributed by atoms with Gasteiger partial charge in [-0.2, -0.15) is 5.26 Å². The van der Waals surface area contributed by atoms with Crippen LogP contribution < -0.4 is 10.2 Å². The van der Waals surface area contributed by atoms with E-state index in [0.29, 0.717) is 17.3 Å². The Morgan fingerprint density at radius 1 is 1.21 bits per heavy atom. The summed E-state index contributed by atoms with van der Waals surface area (Å²) in [5.74, 6) is -2.87. The fraction of sp³-hybridized carbons (Fsp3) is 0.118. The molecule has 2 rings (SSSR count). The Morgan fingerprint density at radius 3 is 2.58 bits per heavy atom. The third-order valence-corrected chi connectivity index (χ3v) is 3.16. The van der Waals surface area contributed by atoms with Crippen LogP contribution in [0.1, 0.15) is 12.5 Å². The van der Waals surface area contributed by atoms with Gasteiger partial charge in [0.2, 0.25) is 11.8 Å². The lowest BCUT2D eigenvalue weighted by atomic mass is 10.2. The largest absolute Gasteiger partial charge is 0.324 e. The maximum absolute atomic E-state index is 13.8. The van der Waals surface area contributed by atoms with E-state index in [1.807, 2.05) is 6.07 Å². The molecule has 0 bridgehead atoms. The van der Waals surface area contributed by atoms with Crippen LogP contribution in [0.4, 0.5) is 20.2 Å². The van der Waals surface area contributed by atoms with Crippen molar-refractivity contribution in [3.05, 3.63) is 59.7 Å². The number of amides is 2. The molecule has 0 aromatic heterocycles. The van der Waals surface area contributed by atoms with Crippen molar-refractivity contribution < 1.29 is 18.4 Å². The number of hydrogen-bond acceptors (Lipinski definition) is 3. The number of nitrogens with one attached hydrogen (secondary N) is 1. The van der Waals surface area contributed by atoms with Crippen molar-refractivity contribution in [1.82, 2.24) is 0 Å². The van der Waals surface area contributed by atoms with Crippen LogP contribution in [0.2, 0.25) is 0 Å². The SMILES string of the molecule is CC(=O)N(CC(=O)Nc1cccc(C#N)c1)c1ccc(F)cc1F. The highest BCUT2D eigenvalue weighted by Gasteiger charge is 2.19. The number of carbonyl (C=O) groups is 2. The zero-order chi connectivity index (χ0) is 17.7. The predicted octanol–water partition coefficient (Wildman–Crippen LogP) is 2.83. The van der Waals surface area contributed by atoms with E-state index in [1.165, 1.54) is 13.0 Å². The Hall–Kier alpha value is -3.27. The molecule has 0 unspecified atom stereocenters. The number of carbonyl (C=O) groups excluding carboxylic acids is 2. The third-order valence-electron chi connectivity index (χ3n) is 3.16. The molecular formula is C17H13F2N3O2. The summed E-state index contributed by atoms with van der Waals surface area (Å²) in [6, 6.07) is 10.9. The van der Waals surface area contributed by atoms with E-state index >= 15 is 0 Å². The van der Waals surface area contributed by atoms with Crippen molar-refractivity contribution >= 4 is 23.2 Å². The summed E-state index contributed by atoms with van der Waals surface area (Å²) in [6.07, 6.45) is 0. The second-order valence-electron chi connectivity index (χ2n) is 4.94. The molecule has 0 radical (unpaired) electrons. The fourth-order valence-electron chi connectivity index (χ4n) is 2.08. The number of nitriles is 1. The van der Waals surface area contributed by atoms with Gasteiger partial charge in [0.05, 0.1) is 17.3 Å². The summed E-state index contributed by atoms with van der Waals surface area (Å²) in [7, 11) is 0. The van der Waals surface area contributed by atoms with Gasteiger partial charge in [0.15, 0.2) is 0 Å². The molecule has 0 saturated heterocycles. The van der Waals surface area contributed by atoms with Gasteiger partial charge in [0.25, 0.3) is 0 Å². The van der Waals surface area contributed by atoms with Gasteiger partial charge in [0, 0.05) is 18.7 Å². The molecule has 5 nitrogen and oxygen atoms in total. The van der Waals surface area contributed by atoms with Gasteiger partial charge >= 0.3 is 0 Å². The molecular weight excluding hydrogens is 316 g/mol. The van der Waals surface area contributed by atoms with Crippen LogP contribution >= 0.6 is 0 Å². The van der Waals surface area contributed by atoms with Gasteiger partial charge < -0.3 is 10.2 Å². The maximum Gasteiger partial charge on any atom is 0.244 e. The molecule has 2 aromatic rings. The zero-order valence-corrected chi connectivity index (χ0v) is 12.7. The number of halogens is 2. The predicted molar refractivity (Wildman–Crippen MR) is 84.2 cm³/mol. The minimum Gasteiger partial charge on any atom is -0.324 e. The van der Waals surface area contributed by atoms with E-state index in [1.54, 1.807) is 18.2 Å². The van der Waals surface area contributed by atoms with Gasteiger partial charge in [-0.25, -0.2) is 8.78 Å². The highest BCUT2D eigenvalue weighted by Crippen LogP contribution is 2.20. The lowest BCUT2D eigenvalue weighted by Gasteiger charge is -2.21. The number of anilines is 2. The normalized spacial score (nSPS) is 9.92. The molecule has 2 amide bonds. The molecule has 0 aliphatic heterocycles. The van der Waals surface area contributed by atoms with Crippen molar-refractivity contribution in [1.29, 1.82) is 5.26 Å². The first-order chi connectivity index (χ1) is 11.4. The Labute approximate surface area is 137 Å². The monoisotopic (exact) mass is 329 g/mol. The van der Waals surface area contributed by atoms with Crippen LogP contribution in [0.5, 0.6) is 0 Å². The highest BCUT2D eigenvalue weighted by atomic mass is 19.1. The van der Waals surface area contributed by atoms with Gasteiger partial charge in [-0.05, 0) is 30.3 Å². The second kappa shape index (κ2) is 7.33. The van der Waals surface area contributed by atoms with E-state index in [9.17, 15) is 18.4 Å². The van der Waals surface area contributed by atoms with E-state index in [2.05, 4.69) is 5.32 Å². The molecule has 0 spiro atoms. The highest BCUT2D eigenvalue weighted by molar-refractivity contribution is 6.01. The average Bonchev–Trinajstić information content (AvgIpc) is 2.53. The standard InChI is InChI=1S/C17H13F2N3O2/c1-11(23)22(16-6-5-13(18)8-15(16)19)10-17(24)21-14-4-2-3-12(7-14)9-20/h2-8H,10H2,1H3,(H,21,24). The molecule has 0 aliphatic carbocycles. The topological polar surface area (TPSA) is 73.2 Å². The first kappa shape index (κ1) is 17.1. The Morgan fingerprint density at radius 2 is 1.96 bits per heavy atom. The second-order valence-corrected chi connectivity index (χ2v) is 4.94. The lowest BCUT2D eigenvalue weighted by Crippen LogP contribution is -2.37. The number of benzene rings is 2. The van der Waals surface area contributed by atoms with E-state index in [0.717, 1.165) is 17.0 Å². The maximum atomic E-state index is 13.8. The van der Waals surface area contributed by atoms with Crippen molar-refractivity contribution in [2.75, 3.05) is 16.8 Å². The fourth-order valence-corrected chi connectivity index (χ4v) is 2.08. The van der Waals surface area contributed by atoms with Crippen molar-refractivity contribution in [2.24, 2.45) is 0 Å². The molecule has 1 N–H and O–H groups in total. The lowest BCUT2D eigenvalue weighted by molar-refractivity contribution is -0.120. The van der Waals surface area contributed by atoms with Crippen molar-refractivity contribution in [3.8, 4) is 6.07 Å². The van der Waals surface area contributed by atoms with E-state index in [4.69, 9.17) is 5.26 Å². The van der Waals surface area contributed by atoms with Crippen LogP contribution in [-0.2, 0) is 9.59 Å². The summed E-state index contributed by atoms with van der Waals surface area (Å²) in [6.45, 7) is 0.723. The Bertz CT molecular complexity index is 831. The third kappa shape index (κ3) is 4.14. The number of rotatable bonds is 4. The quantitative estimate of drug-likeness (QED) is 0.937. The molecule has 122 valence electrons. The molecule has 0 fully saturated rings. The zero-order valence-electron chi connectivity index (χ0n) is 12.7. The number of nitrogens with zero attached hydrogens (tertiary/aromatic N) is 2. The van der Waals surface area contributed by atoms with Gasteiger partial charge in [-0.3, -0.25) is 9.59 Å². The molecule has 0 aliphatic rings. The van der Waals surface area contributed by atoms with Gasteiger partial charge in [-0.1, -0.05) is 6.07 Å². The summed E-state index contributed by atoms with van der Waals surface area (Å²) in [5, 5.41) is 11.4.